The minimum Gasteiger partial charge on any atom is -0.465 e. The van der Waals surface area contributed by atoms with Crippen molar-refractivity contribution in [2.75, 3.05) is 12.4 Å². The third kappa shape index (κ3) is 3.85. The van der Waals surface area contributed by atoms with Crippen molar-refractivity contribution in [3.63, 3.8) is 0 Å². The number of nitrogens with zero attached hydrogens (tertiary/aromatic N) is 3. The Kier molecular flexibility index (Phi) is 5.98. The fourth-order valence-corrected chi connectivity index (χ4v) is 2.54. The van der Waals surface area contributed by atoms with Gasteiger partial charge in [0.05, 0.1) is 18.4 Å². The van der Waals surface area contributed by atoms with E-state index in [1.165, 1.54) is 13.2 Å². The number of carbonyl (C=O) groups excluding carboxylic acids is 1. The molecule has 1 aromatic carbocycles. The van der Waals surface area contributed by atoms with E-state index in [0.29, 0.717) is 8.59 Å². The van der Waals surface area contributed by atoms with Gasteiger partial charge in [-0.3, -0.25) is 0 Å². The van der Waals surface area contributed by atoms with E-state index in [9.17, 15) is 4.79 Å². The largest absolute Gasteiger partial charge is 0.465 e. The Hall–Kier alpha value is -2.28. The molecule has 21 heavy (non-hydrogen) atoms. The van der Waals surface area contributed by atoms with E-state index in [2.05, 4.69) is 10.1 Å². The molecule has 0 aliphatic rings. The molecule has 0 spiro atoms. The zero-order valence-corrected chi connectivity index (χ0v) is 13.5. The zero-order chi connectivity index (χ0) is 16.0. The van der Waals surface area contributed by atoms with Crippen LogP contribution in [-0.4, -0.2) is 13.1 Å². The van der Waals surface area contributed by atoms with Gasteiger partial charge in [-0.15, -0.1) is 0 Å². The van der Waals surface area contributed by atoms with Gasteiger partial charge in [-0.25, -0.2) is 4.79 Å². The third-order valence-corrected chi connectivity index (χ3v) is 3.36. The van der Waals surface area contributed by atoms with Gasteiger partial charge >= 0.3 is 5.97 Å². The number of carbonyl (C=O) groups is 1. The van der Waals surface area contributed by atoms with Gasteiger partial charge in [-0.1, -0.05) is 11.6 Å². The summed E-state index contributed by atoms with van der Waals surface area (Å²) in [5.41, 5.74) is -0.312. The van der Waals surface area contributed by atoms with Crippen molar-refractivity contribution in [2.45, 2.75) is 0 Å². The maximum Gasteiger partial charge on any atom is 0.340 e. The summed E-state index contributed by atoms with van der Waals surface area (Å²) in [4.78, 5) is 11.8. The molecule has 0 radical (unpaired) electrons. The number of nitriles is 3. The topological polar surface area (TPSA) is 110 Å². The monoisotopic (exact) mass is 412 g/mol. The fraction of sp³-hybridized carbons (Fsp3) is 0.0769. The van der Waals surface area contributed by atoms with Crippen LogP contribution in [0.4, 0.5) is 5.69 Å². The van der Waals surface area contributed by atoms with E-state index in [4.69, 9.17) is 27.4 Å². The summed E-state index contributed by atoms with van der Waals surface area (Å²) in [5.74, 6) is -0.661. The molecule has 1 rings (SSSR count). The maximum atomic E-state index is 11.8. The number of methoxy groups -OCH3 is 1. The number of esters is 1. The zero-order valence-electron chi connectivity index (χ0n) is 10.6. The Morgan fingerprint density at radius 2 is 1.90 bits per heavy atom. The lowest BCUT2D eigenvalue weighted by atomic mass is 10.1. The normalized spacial score (nSPS) is 8.76. The predicted molar refractivity (Wildman–Crippen MR) is 83.0 cm³/mol. The second kappa shape index (κ2) is 7.49. The van der Waals surface area contributed by atoms with E-state index in [0.717, 1.165) is 0 Å². The molecule has 0 fully saturated rings. The summed E-state index contributed by atoms with van der Waals surface area (Å²) < 4.78 is 5.18. The number of rotatable bonds is 3. The molecule has 0 aliphatic heterocycles. The number of anilines is 1. The first-order chi connectivity index (χ1) is 9.98. The summed E-state index contributed by atoms with van der Waals surface area (Å²) in [6.07, 6.45) is 0. The number of benzene rings is 1. The van der Waals surface area contributed by atoms with Crippen LogP contribution in [-0.2, 0) is 4.74 Å². The Balaban J connectivity index is 3.49. The van der Waals surface area contributed by atoms with Gasteiger partial charge in [0.1, 0.15) is 23.9 Å². The van der Waals surface area contributed by atoms with E-state index in [1.54, 1.807) is 24.3 Å². The van der Waals surface area contributed by atoms with Crippen LogP contribution in [0.15, 0.2) is 23.4 Å². The van der Waals surface area contributed by atoms with Crippen LogP contribution in [0.1, 0.15) is 10.4 Å². The smallest absolute Gasteiger partial charge is 0.340 e. The molecule has 0 aromatic heterocycles. The van der Waals surface area contributed by atoms with E-state index in [-0.39, 0.29) is 22.5 Å². The van der Waals surface area contributed by atoms with Gasteiger partial charge in [0.2, 0.25) is 0 Å². The molecule has 6 nitrogen and oxygen atoms in total. The molecule has 1 aromatic rings. The van der Waals surface area contributed by atoms with Crippen molar-refractivity contribution < 1.29 is 9.53 Å². The van der Waals surface area contributed by atoms with Gasteiger partial charge in [0.25, 0.3) is 0 Å². The van der Waals surface area contributed by atoms with E-state index < -0.39 is 5.97 Å². The highest BCUT2D eigenvalue weighted by Gasteiger charge is 2.18. The highest BCUT2D eigenvalue weighted by molar-refractivity contribution is 14.1. The van der Waals surface area contributed by atoms with Crippen LogP contribution in [0, 0.1) is 37.6 Å². The molecular weight excluding hydrogens is 407 g/mol. The Morgan fingerprint density at radius 1 is 1.29 bits per heavy atom. The minimum atomic E-state index is -0.661. The van der Waals surface area contributed by atoms with Crippen molar-refractivity contribution >= 4 is 45.8 Å². The summed E-state index contributed by atoms with van der Waals surface area (Å²) in [5, 5.41) is 29.6. The lowest BCUT2D eigenvalue weighted by Gasteiger charge is -2.12. The third-order valence-electron chi connectivity index (χ3n) is 2.30. The molecular formula is C13H6ClIN4O2. The molecule has 0 saturated heterocycles. The molecule has 0 aliphatic carbocycles. The molecule has 0 unspecified atom stereocenters. The number of nitrogens with one attached hydrogen (secondary N) is 1. The second-order valence-corrected chi connectivity index (χ2v) is 5.11. The molecule has 0 saturated carbocycles. The van der Waals surface area contributed by atoms with Crippen LogP contribution in [0.3, 0.4) is 0 Å². The lowest BCUT2D eigenvalue weighted by Crippen LogP contribution is -2.10. The molecule has 104 valence electrons. The average Bonchev–Trinajstić information content (AvgIpc) is 2.48. The lowest BCUT2D eigenvalue weighted by molar-refractivity contribution is 0.0602. The van der Waals surface area contributed by atoms with Crippen molar-refractivity contribution in [1.29, 1.82) is 15.8 Å². The number of hydrogen-bond donors (Lipinski definition) is 1. The van der Waals surface area contributed by atoms with Crippen molar-refractivity contribution in [2.24, 2.45) is 0 Å². The molecule has 0 atom stereocenters. The first-order valence-corrected chi connectivity index (χ1v) is 6.73. The standard InChI is InChI=1S/C13H6ClIN4O2/c1-21-13(20)9-2-8(14)3-10(15)12(9)19-11(6-18)7(4-16)5-17/h2-3,19H,1H3. The van der Waals surface area contributed by atoms with Crippen LogP contribution in [0.25, 0.3) is 0 Å². The van der Waals surface area contributed by atoms with Gasteiger partial charge in [0.15, 0.2) is 5.57 Å². The number of hydrogen-bond acceptors (Lipinski definition) is 6. The first kappa shape index (κ1) is 16.8. The van der Waals surface area contributed by atoms with Gasteiger partial charge < -0.3 is 10.1 Å². The summed E-state index contributed by atoms with van der Waals surface area (Å²) in [7, 11) is 1.21. The molecule has 0 bridgehead atoms. The Labute approximate surface area is 139 Å². The number of allylic oxidation sites excluding steroid dienone is 2. The predicted octanol–water partition coefficient (Wildman–Crippen LogP) is 2.97. The number of ether oxygens (including phenoxy) is 1. The van der Waals surface area contributed by atoms with Crippen molar-refractivity contribution in [1.82, 2.24) is 0 Å². The highest BCUT2D eigenvalue weighted by Crippen LogP contribution is 2.29. The van der Waals surface area contributed by atoms with E-state index in [1.807, 2.05) is 22.6 Å². The van der Waals surface area contributed by atoms with Crippen LogP contribution in [0.5, 0.6) is 0 Å². The maximum absolute atomic E-state index is 11.8. The van der Waals surface area contributed by atoms with Crippen LogP contribution < -0.4 is 5.32 Å². The molecule has 0 amide bonds. The quantitative estimate of drug-likeness (QED) is 0.464. The average molecular weight is 413 g/mol. The molecule has 8 heteroatoms. The van der Waals surface area contributed by atoms with Crippen molar-refractivity contribution in [3.05, 3.63) is 37.6 Å². The molecule has 0 heterocycles. The SMILES string of the molecule is COC(=O)c1cc(Cl)cc(I)c1NC(C#N)=C(C#N)C#N. The highest BCUT2D eigenvalue weighted by atomic mass is 127. The van der Waals surface area contributed by atoms with Gasteiger partial charge in [-0.2, -0.15) is 15.8 Å². The Morgan fingerprint density at radius 3 is 2.38 bits per heavy atom. The molecule has 1 N–H and O–H groups in total. The van der Waals surface area contributed by atoms with Crippen LogP contribution in [0.2, 0.25) is 5.02 Å². The minimum absolute atomic E-state index is 0.0948. The van der Waals surface area contributed by atoms with E-state index >= 15 is 0 Å². The first-order valence-electron chi connectivity index (χ1n) is 5.27. The Bertz CT molecular complexity index is 737. The summed E-state index contributed by atoms with van der Waals surface area (Å²) >= 11 is 7.79. The fourth-order valence-electron chi connectivity index (χ4n) is 1.38. The number of halogens is 2. The summed E-state index contributed by atoms with van der Waals surface area (Å²) in [6, 6.07) is 7.85. The van der Waals surface area contributed by atoms with Gasteiger partial charge in [-0.05, 0) is 34.7 Å². The van der Waals surface area contributed by atoms with Crippen molar-refractivity contribution in [3.8, 4) is 18.2 Å². The van der Waals surface area contributed by atoms with Gasteiger partial charge in [0, 0.05) is 8.59 Å². The van der Waals surface area contributed by atoms with Crippen LogP contribution >= 0.6 is 34.2 Å². The second-order valence-electron chi connectivity index (χ2n) is 3.51. The summed E-state index contributed by atoms with van der Waals surface area (Å²) in [6.45, 7) is 0.